The van der Waals surface area contributed by atoms with E-state index in [1.54, 1.807) is 6.92 Å². The summed E-state index contributed by atoms with van der Waals surface area (Å²) in [5.41, 5.74) is 0.153. The van der Waals surface area contributed by atoms with Crippen molar-refractivity contribution in [1.29, 1.82) is 0 Å². The van der Waals surface area contributed by atoms with E-state index in [0.29, 0.717) is 18.7 Å². The summed E-state index contributed by atoms with van der Waals surface area (Å²) >= 11 is 0. The number of nitrogens with zero attached hydrogens (tertiary/aromatic N) is 2. The molecule has 0 unspecified atom stereocenters. The maximum Gasteiger partial charge on any atom is 0.324 e. The summed E-state index contributed by atoms with van der Waals surface area (Å²) in [4.78, 5) is 25.2. The number of aromatic nitrogens is 1. The first-order chi connectivity index (χ1) is 8.45. The Kier molecular flexibility index (Phi) is 4.88. The standard InChI is InChI=1S/C12H19N3O3/c1-5-6-15(12(17)13-8(2)3)11(16)10-7-9(4)18-14-10/h7-8H,5-6H2,1-4H3,(H,13,17). The van der Waals surface area contributed by atoms with Gasteiger partial charge in [-0.05, 0) is 27.2 Å². The van der Waals surface area contributed by atoms with Crippen LogP contribution in [0.3, 0.4) is 0 Å². The van der Waals surface area contributed by atoms with E-state index in [1.807, 2.05) is 20.8 Å². The van der Waals surface area contributed by atoms with Crippen LogP contribution in [-0.2, 0) is 0 Å². The summed E-state index contributed by atoms with van der Waals surface area (Å²) in [6.07, 6.45) is 0.689. The van der Waals surface area contributed by atoms with Crippen LogP contribution in [0.1, 0.15) is 43.4 Å². The highest BCUT2D eigenvalue weighted by Gasteiger charge is 2.24. The maximum atomic E-state index is 12.1. The summed E-state index contributed by atoms with van der Waals surface area (Å²) in [6, 6.07) is 1.09. The van der Waals surface area contributed by atoms with Crippen LogP contribution in [0.15, 0.2) is 10.6 Å². The number of hydrogen-bond donors (Lipinski definition) is 1. The van der Waals surface area contributed by atoms with Gasteiger partial charge in [-0.1, -0.05) is 12.1 Å². The second kappa shape index (κ2) is 6.18. The highest BCUT2D eigenvalue weighted by atomic mass is 16.5. The SMILES string of the molecule is CCCN(C(=O)NC(C)C)C(=O)c1cc(C)on1. The Bertz CT molecular complexity index is 426. The summed E-state index contributed by atoms with van der Waals surface area (Å²) in [5, 5.41) is 6.33. The van der Waals surface area contributed by atoms with Crippen molar-refractivity contribution in [3.8, 4) is 0 Å². The summed E-state index contributed by atoms with van der Waals surface area (Å²) in [5.74, 6) is 0.103. The Balaban J connectivity index is 2.84. The number of amides is 3. The van der Waals surface area contributed by atoms with Crippen molar-refractivity contribution in [3.63, 3.8) is 0 Å². The van der Waals surface area contributed by atoms with Crippen LogP contribution in [0.25, 0.3) is 0 Å². The predicted molar refractivity (Wildman–Crippen MR) is 66.2 cm³/mol. The van der Waals surface area contributed by atoms with Gasteiger partial charge in [0.25, 0.3) is 5.91 Å². The van der Waals surface area contributed by atoms with E-state index >= 15 is 0 Å². The van der Waals surface area contributed by atoms with E-state index in [1.165, 1.54) is 6.07 Å². The van der Waals surface area contributed by atoms with Gasteiger partial charge in [0, 0.05) is 18.7 Å². The number of rotatable bonds is 4. The van der Waals surface area contributed by atoms with E-state index in [2.05, 4.69) is 10.5 Å². The van der Waals surface area contributed by atoms with Gasteiger partial charge < -0.3 is 9.84 Å². The third-order valence-corrected chi connectivity index (χ3v) is 2.20. The van der Waals surface area contributed by atoms with Crippen molar-refractivity contribution in [2.75, 3.05) is 6.54 Å². The molecule has 0 radical (unpaired) electrons. The van der Waals surface area contributed by atoms with Gasteiger partial charge in [0.05, 0.1) is 0 Å². The minimum Gasteiger partial charge on any atom is -0.361 e. The molecule has 1 aromatic heterocycles. The van der Waals surface area contributed by atoms with Crippen molar-refractivity contribution in [2.24, 2.45) is 0 Å². The molecular weight excluding hydrogens is 234 g/mol. The van der Waals surface area contributed by atoms with Crippen molar-refractivity contribution in [3.05, 3.63) is 17.5 Å². The molecule has 1 aromatic rings. The Labute approximate surface area is 106 Å². The lowest BCUT2D eigenvalue weighted by atomic mass is 10.3. The van der Waals surface area contributed by atoms with Gasteiger partial charge in [-0.2, -0.15) is 0 Å². The van der Waals surface area contributed by atoms with Crippen LogP contribution in [0, 0.1) is 6.92 Å². The van der Waals surface area contributed by atoms with Gasteiger partial charge in [-0.25, -0.2) is 4.79 Å². The van der Waals surface area contributed by atoms with Crippen LogP contribution in [0.4, 0.5) is 4.79 Å². The Morgan fingerprint density at radius 2 is 2.17 bits per heavy atom. The Morgan fingerprint density at radius 3 is 2.61 bits per heavy atom. The largest absolute Gasteiger partial charge is 0.361 e. The second-order valence-corrected chi connectivity index (χ2v) is 4.38. The summed E-state index contributed by atoms with van der Waals surface area (Å²) in [6.45, 7) is 7.63. The zero-order valence-corrected chi connectivity index (χ0v) is 11.2. The normalized spacial score (nSPS) is 10.5. The Hall–Kier alpha value is -1.85. The zero-order valence-electron chi connectivity index (χ0n) is 11.2. The highest BCUT2D eigenvalue weighted by Crippen LogP contribution is 2.07. The molecule has 100 valence electrons. The lowest BCUT2D eigenvalue weighted by molar-refractivity contribution is 0.0789. The number of imide groups is 1. The molecule has 1 heterocycles. The monoisotopic (exact) mass is 253 g/mol. The van der Waals surface area contributed by atoms with Gasteiger partial charge in [0.1, 0.15) is 5.76 Å². The van der Waals surface area contributed by atoms with E-state index < -0.39 is 11.9 Å². The minimum atomic E-state index is -0.438. The first-order valence-electron chi connectivity index (χ1n) is 6.01. The Morgan fingerprint density at radius 1 is 1.50 bits per heavy atom. The molecule has 3 amide bonds. The molecule has 6 nitrogen and oxygen atoms in total. The fourth-order valence-electron chi connectivity index (χ4n) is 1.45. The number of carbonyl (C=O) groups excluding carboxylic acids is 2. The lowest BCUT2D eigenvalue weighted by Gasteiger charge is -2.20. The molecule has 1 N–H and O–H groups in total. The average Bonchev–Trinajstić information content (AvgIpc) is 2.70. The van der Waals surface area contributed by atoms with Gasteiger partial charge >= 0.3 is 6.03 Å². The molecule has 0 saturated heterocycles. The zero-order chi connectivity index (χ0) is 13.7. The molecule has 0 aliphatic rings. The lowest BCUT2D eigenvalue weighted by Crippen LogP contribution is -2.46. The van der Waals surface area contributed by atoms with Gasteiger partial charge in [0.15, 0.2) is 5.69 Å². The van der Waals surface area contributed by atoms with Crippen LogP contribution < -0.4 is 5.32 Å². The number of urea groups is 1. The van der Waals surface area contributed by atoms with Crippen molar-refractivity contribution in [1.82, 2.24) is 15.4 Å². The molecule has 0 aliphatic carbocycles. The minimum absolute atomic E-state index is 0.0244. The smallest absolute Gasteiger partial charge is 0.324 e. The van der Waals surface area contributed by atoms with Gasteiger partial charge in [-0.3, -0.25) is 9.69 Å². The molecule has 0 aromatic carbocycles. The molecular formula is C12H19N3O3. The molecule has 0 fully saturated rings. The first-order valence-corrected chi connectivity index (χ1v) is 6.01. The molecule has 0 saturated carbocycles. The number of aryl methyl sites for hydroxylation is 1. The van der Waals surface area contributed by atoms with E-state index in [4.69, 9.17) is 4.52 Å². The molecule has 0 bridgehead atoms. The van der Waals surface area contributed by atoms with Crippen molar-refractivity contribution < 1.29 is 14.1 Å². The van der Waals surface area contributed by atoms with Crippen molar-refractivity contribution in [2.45, 2.75) is 40.2 Å². The molecule has 0 atom stereocenters. The van der Waals surface area contributed by atoms with Crippen LogP contribution in [-0.4, -0.2) is 34.6 Å². The van der Waals surface area contributed by atoms with E-state index in [9.17, 15) is 9.59 Å². The molecule has 0 aliphatic heterocycles. The summed E-state index contributed by atoms with van der Waals surface area (Å²) < 4.78 is 4.85. The van der Waals surface area contributed by atoms with Crippen LogP contribution in [0.5, 0.6) is 0 Å². The first kappa shape index (κ1) is 14.2. The number of carbonyl (C=O) groups is 2. The third kappa shape index (κ3) is 3.58. The van der Waals surface area contributed by atoms with Crippen molar-refractivity contribution >= 4 is 11.9 Å². The fraction of sp³-hybridized carbons (Fsp3) is 0.583. The highest BCUT2D eigenvalue weighted by molar-refractivity contribution is 6.03. The van der Waals surface area contributed by atoms with Crippen LogP contribution in [0.2, 0.25) is 0 Å². The second-order valence-electron chi connectivity index (χ2n) is 4.38. The predicted octanol–water partition coefficient (Wildman–Crippen LogP) is 1.95. The average molecular weight is 253 g/mol. The fourth-order valence-corrected chi connectivity index (χ4v) is 1.45. The number of nitrogens with one attached hydrogen (secondary N) is 1. The van der Waals surface area contributed by atoms with E-state index in [-0.39, 0.29) is 11.7 Å². The molecule has 18 heavy (non-hydrogen) atoms. The number of hydrogen-bond acceptors (Lipinski definition) is 4. The quantitative estimate of drug-likeness (QED) is 0.889. The topological polar surface area (TPSA) is 75.4 Å². The molecule has 1 rings (SSSR count). The molecule has 0 spiro atoms. The third-order valence-electron chi connectivity index (χ3n) is 2.20. The maximum absolute atomic E-state index is 12.1. The van der Waals surface area contributed by atoms with E-state index in [0.717, 1.165) is 4.90 Å². The molecule has 6 heteroatoms. The van der Waals surface area contributed by atoms with Gasteiger partial charge in [-0.15, -0.1) is 0 Å². The van der Waals surface area contributed by atoms with Gasteiger partial charge in [0.2, 0.25) is 0 Å². The van der Waals surface area contributed by atoms with Crippen LogP contribution >= 0.6 is 0 Å². The summed E-state index contributed by atoms with van der Waals surface area (Å²) in [7, 11) is 0.